The highest BCUT2D eigenvalue weighted by atomic mass is 31.2. The molecule has 0 aliphatic heterocycles. The molecule has 0 nitrogen and oxygen atoms in total. The van der Waals surface area contributed by atoms with Gasteiger partial charge in [0, 0.05) is 17.0 Å². The lowest BCUT2D eigenvalue weighted by molar-refractivity contribution is 0.936. The van der Waals surface area contributed by atoms with Crippen molar-refractivity contribution in [3.8, 4) is 0 Å². The molecule has 0 N–H and O–H groups in total. The molecular weight excluding hydrogens is 162 g/mol. The van der Waals surface area contributed by atoms with Crippen molar-refractivity contribution in [2.45, 2.75) is 65.3 Å². The largest absolute Gasteiger partial charge is 0.208 e. The summed E-state index contributed by atoms with van der Waals surface area (Å²) in [7, 11) is -0.818. The van der Waals surface area contributed by atoms with Crippen LogP contribution in [0.5, 0.6) is 0 Å². The molecule has 0 aromatic heterocycles. The van der Waals surface area contributed by atoms with E-state index in [0.717, 1.165) is 17.0 Å². The molecule has 0 amide bonds. The van der Waals surface area contributed by atoms with Gasteiger partial charge in [-0.05, 0) is 41.5 Å². The standard InChI is InChI=1S/C10H24BP/c1-8(2)12(11-7,9(3)4)10(5)6/h8-10H,1-7H3. The summed E-state index contributed by atoms with van der Waals surface area (Å²) >= 11 is 0. The summed E-state index contributed by atoms with van der Waals surface area (Å²) in [6.07, 6.45) is 0. The average Bonchev–Trinajstić information content (AvgIpc) is 1.86. The van der Waals surface area contributed by atoms with E-state index < -0.39 is 7.14 Å². The van der Waals surface area contributed by atoms with Crippen molar-refractivity contribution in [1.82, 2.24) is 0 Å². The van der Waals surface area contributed by atoms with Crippen LogP contribution in [0.4, 0.5) is 0 Å². The Balaban J connectivity index is 4.77. The maximum Gasteiger partial charge on any atom is 0.0199 e. The van der Waals surface area contributed by atoms with E-state index in [0.29, 0.717) is 0 Å². The second-order valence-electron chi connectivity index (χ2n) is 4.43. The van der Waals surface area contributed by atoms with E-state index >= 15 is 0 Å². The van der Waals surface area contributed by atoms with Crippen LogP contribution in [-0.2, 0) is 0 Å². The van der Waals surface area contributed by atoms with Gasteiger partial charge >= 0.3 is 0 Å². The Kier molecular flexibility index (Phi) is 4.85. The number of rotatable bonds is 4. The minimum Gasteiger partial charge on any atom is -0.208 e. The normalized spacial score (nSPS) is 13.5. The van der Waals surface area contributed by atoms with Crippen molar-refractivity contribution in [3.63, 3.8) is 0 Å². The lowest BCUT2D eigenvalue weighted by Crippen LogP contribution is -2.26. The van der Waals surface area contributed by atoms with Gasteiger partial charge in [-0.3, -0.25) is 0 Å². The molecule has 0 aliphatic carbocycles. The van der Waals surface area contributed by atoms with E-state index in [-0.39, 0.29) is 0 Å². The van der Waals surface area contributed by atoms with E-state index in [2.05, 4.69) is 55.4 Å². The van der Waals surface area contributed by atoms with Crippen molar-refractivity contribution < 1.29 is 0 Å². The molecule has 0 aliphatic rings. The van der Waals surface area contributed by atoms with Crippen LogP contribution < -0.4 is 0 Å². The van der Waals surface area contributed by atoms with Gasteiger partial charge in [0.05, 0.1) is 0 Å². The van der Waals surface area contributed by atoms with Gasteiger partial charge in [0.25, 0.3) is 0 Å². The minimum atomic E-state index is -0.818. The zero-order valence-corrected chi connectivity index (χ0v) is 10.7. The maximum atomic E-state index is 2.52. The van der Waals surface area contributed by atoms with Crippen LogP contribution >= 0.6 is 7.14 Å². The Bertz CT molecular complexity index is 108. The molecule has 0 aromatic rings. The van der Waals surface area contributed by atoms with Gasteiger partial charge in [0.15, 0.2) is 0 Å². The average molecular weight is 186 g/mol. The lowest BCUT2D eigenvalue weighted by atomic mass is 10.2. The predicted molar refractivity (Wildman–Crippen MR) is 63.9 cm³/mol. The molecule has 72 valence electrons. The first-order valence-corrected chi connectivity index (χ1v) is 7.14. The topological polar surface area (TPSA) is 0 Å². The van der Waals surface area contributed by atoms with E-state index in [1.54, 1.807) is 0 Å². The predicted octanol–water partition coefficient (Wildman–Crippen LogP) is 3.90. The van der Waals surface area contributed by atoms with Crippen molar-refractivity contribution >= 4 is 14.1 Å². The zero-order valence-electron chi connectivity index (χ0n) is 9.76. The quantitative estimate of drug-likeness (QED) is 0.461. The van der Waals surface area contributed by atoms with Crippen molar-refractivity contribution in [2.24, 2.45) is 0 Å². The van der Waals surface area contributed by atoms with Crippen LogP contribution in [0.25, 0.3) is 0 Å². The third kappa shape index (κ3) is 2.05. The molecule has 2 radical (unpaired) electrons. The van der Waals surface area contributed by atoms with E-state index in [9.17, 15) is 0 Å². The van der Waals surface area contributed by atoms with Crippen LogP contribution in [0.3, 0.4) is 0 Å². The maximum absolute atomic E-state index is 2.52. The SMILES string of the molecule is C[B-][P+](C(C)C)(C(C)C)C(C)C. The molecule has 12 heavy (non-hydrogen) atoms. The molecule has 0 rings (SSSR count). The number of hydrogen-bond donors (Lipinski definition) is 0. The monoisotopic (exact) mass is 186 g/mol. The second-order valence-corrected chi connectivity index (χ2v) is 9.84. The first kappa shape index (κ1) is 12.5. The van der Waals surface area contributed by atoms with Crippen LogP contribution in [0.1, 0.15) is 41.5 Å². The van der Waals surface area contributed by atoms with Crippen LogP contribution in [0.2, 0.25) is 6.82 Å². The fourth-order valence-electron chi connectivity index (χ4n) is 2.68. The second kappa shape index (κ2) is 4.65. The van der Waals surface area contributed by atoms with E-state index in [1.165, 1.54) is 0 Å². The molecular formula is C10H24BP. The molecule has 0 aromatic carbocycles. The summed E-state index contributed by atoms with van der Waals surface area (Å²) in [6, 6.07) is 0. The highest BCUT2D eigenvalue weighted by molar-refractivity contribution is 8.01. The molecule has 0 unspecified atom stereocenters. The Labute approximate surface area is 80.1 Å². The molecule has 0 fully saturated rings. The van der Waals surface area contributed by atoms with E-state index in [4.69, 9.17) is 0 Å². The van der Waals surface area contributed by atoms with Crippen LogP contribution in [0, 0.1) is 0 Å². The third-order valence-corrected chi connectivity index (χ3v) is 9.39. The van der Waals surface area contributed by atoms with Gasteiger partial charge in [0.1, 0.15) is 0 Å². The molecule has 0 atom stereocenters. The highest BCUT2D eigenvalue weighted by Gasteiger charge is 2.34. The summed E-state index contributed by atoms with van der Waals surface area (Å²) < 4.78 is 0. The summed E-state index contributed by atoms with van der Waals surface area (Å²) in [4.78, 5) is 0. The van der Waals surface area contributed by atoms with Crippen molar-refractivity contribution in [3.05, 3.63) is 0 Å². The van der Waals surface area contributed by atoms with Crippen LogP contribution in [0.15, 0.2) is 0 Å². The Morgan fingerprint density at radius 2 is 1.00 bits per heavy atom. The van der Waals surface area contributed by atoms with Gasteiger partial charge in [0.2, 0.25) is 0 Å². The Hall–Kier alpha value is 0.495. The Morgan fingerprint density at radius 3 is 1.00 bits per heavy atom. The fraction of sp³-hybridized carbons (Fsp3) is 1.00. The van der Waals surface area contributed by atoms with Crippen molar-refractivity contribution in [1.29, 1.82) is 0 Å². The first-order chi connectivity index (χ1) is 5.39. The van der Waals surface area contributed by atoms with Crippen LogP contribution in [-0.4, -0.2) is 24.0 Å². The fourth-order valence-corrected chi connectivity index (χ4v) is 8.05. The highest BCUT2D eigenvalue weighted by Crippen LogP contribution is 2.68. The van der Waals surface area contributed by atoms with Gasteiger partial charge < -0.3 is 0 Å². The molecule has 0 bridgehead atoms. The minimum absolute atomic E-state index is 0.818. The van der Waals surface area contributed by atoms with Gasteiger partial charge in [-0.25, -0.2) is 14.0 Å². The Morgan fingerprint density at radius 1 is 0.750 bits per heavy atom. The van der Waals surface area contributed by atoms with Gasteiger partial charge in [-0.15, -0.1) is 0 Å². The molecule has 0 saturated carbocycles. The van der Waals surface area contributed by atoms with Gasteiger partial charge in [-0.1, -0.05) is 7.00 Å². The van der Waals surface area contributed by atoms with Gasteiger partial charge in [-0.2, -0.15) is 0 Å². The summed E-state index contributed by atoms with van der Waals surface area (Å²) in [5.41, 5.74) is 2.55. The summed E-state index contributed by atoms with van der Waals surface area (Å²) in [5.74, 6) is 0. The summed E-state index contributed by atoms with van der Waals surface area (Å²) in [6.45, 7) is 19.1. The first-order valence-electron chi connectivity index (χ1n) is 5.07. The molecule has 0 heterocycles. The molecule has 0 spiro atoms. The van der Waals surface area contributed by atoms with E-state index in [1.807, 2.05) is 0 Å². The smallest absolute Gasteiger partial charge is 0.0199 e. The summed E-state index contributed by atoms with van der Waals surface area (Å²) in [5, 5.41) is 0. The molecule has 2 heteroatoms. The zero-order chi connectivity index (χ0) is 9.94. The molecule has 0 saturated heterocycles. The lowest BCUT2D eigenvalue weighted by Gasteiger charge is -2.48. The third-order valence-electron chi connectivity index (χ3n) is 3.13. The van der Waals surface area contributed by atoms with Crippen molar-refractivity contribution in [2.75, 3.05) is 0 Å². The number of hydrogen-bond acceptors (Lipinski definition) is 0.